The molecule has 0 heterocycles. The summed E-state index contributed by atoms with van der Waals surface area (Å²) in [5.74, 6) is 0.845. The summed E-state index contributed by atoms with van der Waals surface area (Å²) in [6, 6.07) is 8.90. The molecule has 2 rings (SSSR count). The fourth-order valence-corrected chi connectivity index (χ4v) is 2.59. The number of halogens is 1. The first-order valence-electron chi connectivity index (χ1n) is 7.30. The van der Waals surface area contributed by atoms with E-state index in [1.165, 1.54) is 44.1 Å². The van der Waals surface area contributed by atoms with Gasteiger partial charge in [-0.3, -0.25) is 0 Å². The fraction of sp³-hybridized carbons (Fsp3) is 0.625. The van der Waals surface area contributed by atoms with Crippen molar-refractivity contribution in [1.29, 1.82) is 0 Å². The predicted octanol–water partition coefficient (Wildman–Crippen LogP) is 4.96. The van der Waals surface area contributed by atoms with E-state index in [1.807, 2.05) is 12.1 Å². The Morgan fingerprint density at radius 3 is 2.50 bits per heavy atom. The third-order valence-corrected chi connectivity index (χ3v) is 3.97. The summed E-state index contributed by atoms with van der Waals surface area (Å²) >= 11 is 5.95. The molecule has 0 spiro atoms. The van der Waals surface area contributed by atoms with E-state index in [2.05, 4.69) is 24.4 Å². The van der Waals surface area contributed by atoms with Crippen LogP contribution in [0.2, 0.25) is 5.02 Å². The molecule has 1 unspecified atom stereocenters. The lowest BCUT2D eigenvalue weighted by atomic mass is 10.0. The van der Waals surface area contributed by atoms with Gasteiger partial charge >= 0.3 is 0 Å². The maximum absolute atomic E-state index is 5.95. The average molecular weight is 266 g/mol. The van der Waals surface area contributed by atoms with Crippen LogP contribution in [-0.4, -0.2) is 6.54 Å². The summed E-state index contributed by atoms with van der Waals surface area (Å²) in [6.07, 6.45) is 8.05. The van der Waals surface area contributed by atoms with Crippen molar-refractivity contribution in [2.75, 3.05) is 6.54 Å². The highest BCUT2D eigenvalue weighted by Crippen LogP contribution is 2.41. The molecule has 1 atom stereocenters. The lowest BCUT2D eigenvalue weighted by molar-refractivity contribution is 0.466. The maximum atomic E-state index is 5.95. The largest absolute Gasteiger partial charge is 0.310 e. The van der Waals surface area contributed by atoms with Gasteiger partial charge in [0.25, 0.3) is 0 Å². The minimum absolute atomic E-state index is 0.545. The van der Waals surface area contributed by atoms with Crippen LogP contribution in [0, 0.1) is 5.92 Å². The van der Waals surface area contributed by atoms with Gasteiger partial charge in [-0.25, -0.2) is 0 Å². The zero-order valence-electron chi connectivity index (χ0n) is 11.3. The molecule has 1 aliphatic rings. The van der Waals surface area contributed by atoms with E-state index in [-0.39, 0.29) is 0 Å². The molecule has 2 heteroatoms. The SMILES string of the molecule is CCCCCCNC(c1ccc(Cl)cc1)C1CC1. The van der Waals surface area contributed by atoms with Crippen LogP contribution in [0.15, 0.2) is 24.3 Å². The summed E-state index contributed by atoms with van der Waals surface area (Å²) in [6.45, 7) is 3.40. The van der Waals surface area contributed by atoms with Gasteiger partial charge in [-0.2, -0.15) is 0 Å². The molecule has 1 saturated carbocycles. The summed E-state index contributed by atoms with van der Waals surface area (Å²) in [7, 11) is 0. The molecule has 0 saturated heterocycles. The van der Waals surface area contributed by atoms with Crippen molar-refractivity contribution in [1.82, 2.24) is 5.32 Å². The fourth-order valence-electron chi connectivity index (χ4n) is 2.47. The molecule has 1 aromatic carbocycles. The van der Waals surface area contributed by atoms with Crippen molar-refractivity contribution in [3.63, 3.8) is 0 Å². The highest BCUT2D eigenvalue weighted by molar-refractivity contribution is 6.30. The number of hydrogen-bond acceptors (Lipinski definition) is 1. The van der Waals surface area contributed by atoms with Crippen LogP contribution in [0.4, 0.5) is 0 Å². The first kappa shape index (κ1) is 13.9. The predicted molar refractivity (Wildman–Crippen MR) is 79.1 cm³/mol. The van der Waals surface area contributed by atoms with E-state index in [0.717, 1.165) is 17.5 Å². The van der Waals surface area contributed by atoms with Crippen LogP contribution < -0.4 is 5.32 Å². The van der Waals surface area contributed by atoms with E-state index in [0.29, 0.717) is 6.04 Å². The average Bonchev–Trinajstić information content (AvgIpc) is 3.20. The van der Waals surface area contributed by atoms with E-state index in [4.69, 9.17) is 11.6 Å². The molecule has 0 aromatic heterocycles. The lowest BCUT2D eigenvalue weighted by Gasteiger charge is -2.19. The summed E-state index contributed by atoms with van der Waals surface area (Å²) < 4.78 is 0. The van der Waals surface area contributed by atoms with Gasteiger partial charge in [-0.15, -0.1) is 0 Å². The number of unbranched alkanes of at least 4 members (excludes halogenated alkanes) is 3. The number of nitrogens with one attached hydrogen (secondary N) is 1. The summed E-state index contributed by atoms with van der Waals surface area (Å²) in [5.41, 5.74) is 1.40. The first-order chi connectivity index (χ1) is 8.81. The van der Waals surface area contributed by atoms with Gasteiger partial charge < -0.3 is 5.32 Å². The molecular weight excluding hydrogens is 242 g/mol. The van der Waals surface area contributed by atoms with Gasteiger partial charge in [0.15, 0.2) is 0 Å². The van der Waals surface area contributed by atoms with Crippen LogP contribution in [0.25, 0.3) is 0 Å². The highest BCUT2D eigenvalue weighted by atomic mass is 35.5. The highest BCUT2D eigenvalue weighted by Gasteiger charge is 2.31. The monoisotopic (exact) mass is 265 g/mol. The maximum Gasteiger partial charge on any atom is 0.0406 e. The molecule has 100 valence electrons. The van der Waals surface area contributed by atoms with Gasteiger partial charge in [0.2, 0.25) is 0 Å². The normalized spacial score (nSPS) is 16.8. The quantitative estimate of drug-likeness (QED) is 0.655. The third-order valence-electron chi connectivity index (χ3n) is 3.72. The Labute approximate surface area is 116 Å². The molecular formula is C16H24ClN. The van der Waals surface area contributed by atoms with Gasteiger partial charge in [-0.05, 0) is 49.4 Å². The van der Waals surface area contributed by atoms with Crippen molar-refractivity contribution in [2.24, 2.45) is 5.92 Å². The number of hydrogen-bond donors (Lipinski definition) is 1. The minimum Gasteiger partial charge on any atom is -0.310 e. The number of benzene rings is 1. The van der Waals surface area contributed by atoms with Crippen molar-refractivity contribution >= 4 is 11.6 Å². The second-order valence-electron chi connectivity index (χ2n) is 5.38. The lowest BCUT2D eigenvalue weighted by Crippen LogP contribution is -2.24. The summed E-state index contributed by atoms with van der Waals surface area (Å²) in [5, 5.41) is 4.56. The van der Waals surface area contributed by atoms with E-state index < -0.39 is 0 Å². The molecule has 0 amide bonds. The van der Waals surface area contributed by atoms with Crippen LogP contribution >= 0.6 is 11.6 Å². The van der Waals surface area contributed by atoms with Gasteiger partial charge in [0.05, 0.1) is 0 Å². The van der Waals surface area contributed by atoms with Gasteiger partial charge in [0.1, 0.15) is 0 Å². The van der Waals surface area contributed by atoms with Crippen LogP contribution in [0.3, 0.4) is 0 Å². The van der Waals surface area contributed by atoms with Crippen LogP contribution in [0.5, 0.6) is 0 Å². The van der Waals surface area contributed by atoms with E-state index in [9.17, 15) is 0 Å². The Bertz CT molecular complexity index is 343. The third kappa shape index (κ3) is 4.29. The molecule has 0 aliphatic heterocycles. The molecule has 1 nitrogen and oxygen atoms in total. The molecule has 1 N–H and O–H groups in total. The second kappa shape index (κ2) is 7.16. The Balaban J connectivity index is 1.82. The second-order valence-corrected chi connectivity index (χ2v) is 5.82. The van der Waals surface area contributed by atoms with Crippen molar-refractivity contribution in [3.8, 4) is 0 Å². The standard InChI is InChI=1S/C16H24ClN/c1-2-3-4-5-12-18-16(13-6-7-13)14-8-10-15(17)11-9-14/h8-11,13,16,18H,2-7,12H2,1H3. The Hall–Kier alpha value is -0.530. The molecule has 1 aliphatic carbocycles. The summed E-state index contributed by atoms with van der Waals surface area (Å²) in [4.78, 5) is 0. The Kier molecular flexibility index (Phi) is 5.52. The van der Waals surface area contributed by atoms with E-state index >= 15 is 0 Å². The smallest absolute Gasteiger partial charge is 0.0406 e. The van der Waals surface area contributed by atoms with Crippen LogP contribution in [0.1, 0.15) is 57.1 Å². The van der Waals surface area contributed by atoms with Crippen molar-refractivity contribution in [3.05, 3.63) is 34.9 Å². The zero-order valence-corrected chi connectivity index (χ0v) is 12.0. The Morgan fingerprint density at radius 2 is 1.89 bits per heavy atom. The molecule has 0 bridgehead atoms. The van der Waals surface area contributed by atoms with Gasteiger partial charge in [-0.1, -0.05) is 49.9 Å². The van der Waals surface area contributed by atoms with Crippen molar-refractivity contribution < 1.29 is 0 Å². The van der Waals surface area contributed by atoms with Crippen molar-refractivity contribution in [2.45, 2.75) is 51.5 Å². The molecule has 1 fully saturated rings. The first-order valence-corrected chi connectivity index (χ1v) is 7.68. The molecule has 0 radical (unpaired) electrons. The van der Waals surface area contributed by atoms with Gasteiger partial charge in [0, 0.05) is 11.1 Å². The zero-order chi connectivity index (χ0) is 12.8. The molecule has 1 aromatic rings. The topological polar surface area (TPSA) is 12.0 Å². The molecule has 18 heavy (non-hydrogen) atoms. The Morgan fingerprint density at radius 1 is 1.17 bits per heavy atom. The minimum atomic E-state index is 0.545. The van der Waals surface area contributed by atoms with Crippen LogP contribution in [-0.2, 0) is 0 Å². The number of rotatable bonds is 8. The van der Waals surface area contributed by atoms with E-state index in [1.54, 1.807) is 0 Å².